The molecule has 0 aromatic heterocycles. The van der Waals surface area contributed by atoms with Crippen LogP contribution in [-0.4, -0.2) is 44.7 Å². The number of amides is 1. The van der Waals surface area contributed by atoms with Gasteiger partial charge in [0.2, 0.25) is 0 Å². The van der Waals surface area contributed by atoms with E-state index in [2.05, 4.69) is 72.1 Å². The minimum absolute atomic E-state index is 0.206. The fourth-order valence-electron chi connectivity index (χ4n) is 4.46. The summed E-state index contributed by atoms with van der Waals surface area (Å²) >= 11 is 0. The van der Waals surface area contributed by atoms with Crippen molar-refractivity contribution in [3.05, 3.63) is 77.9 Å². The number of quaternary nitrogens is 2. The summed E-state index contributed by atoms with van der Waals surface area (Å²) < 4.78 is 0. The molecule has 0 radical (unpaired) electrons. The van der Waals surface area contributed by atoms with E-state index < -0.39 is 0 Å². The van der Waals surface area contributed by atoms with Crippen molar-refractivity contribution in [3.8, 4) is 0 Å². The third-order valence-electron chi connectivity index (χ3n) is 5.98. The van der Waals surface area contributed by atoms with Crippen molar-refractivity contribution in [2.24, 2.45) is 0 Å². The largest absolute Gasteiger partial charge is 0.343 e. The molecule has 1 fully saturated rings. The lowest BCUT2D eigenvalue weighted by atomic mass is 10.00. The first-order valence-corrected chi connectivity index (χ1v) is 10.5. The number of rotatable bonds is 6. The summed E-state index contributed by atoms with van der Waals surface area (Å²) in [5.41, 5.74) is 4.11. The molecular formula is C24H31N3O+2. The van der Waals surface area contributed by atoms with Crippen LogP contribution in [0.1, 0.15) is 24.0 Å². The summed E-state index contributed by atoms with van der Waals surface area (Å²) in [4.78, 5) is 15.5. The normalized spacial score (nSPS) is 24.6. The van der Waals surface area contributed by atoms with Crippen LogP contribution in [0.2, 0.25) is 0 Å². The van der Waals surface area contributed by atoms with Gasteiger partial charge in [0.15, 0.2) is 6.54 Å². The van der Waals surface area contributed by atoms with Crippen LogP contribution in [0.15, 0.2) is 66.7 Å². The first-order chi connectivity index (χ1) is 13.8. The van der Waals surface area contributed by atoms with E-state index in [9.17, 15) is 4.79 Å². The molecule has 4 heteroatoms. The second-order valence-corrected chi connectivity index (χ2v) is 8.15. The van der Waals surface area contributed by atoms with Crippen molar-refractivity contribution in [2.45, 2.75) is 25.4 Å². The maximum atomic E-state index is 12.5. The standard InChI is InChI=1S/C24H29N3O/c28-24(19-26-14-11-22(12-15-26)21-9-5-2-6-10-21)25-23-13-16-27(18-23)17-20-7-3-1-4-8-20/h1-11,23H,12-19H2,(H,25,28)/p+2/t23-/m0/s1. The molecule has 0 aliphatic carbocycles. The number of benzene rings is 2. The van der Waals surface area contributed by atoms with E-state index in [4.69, 9.17) is 0 Å². The average molecular weight is 378 g/mol. The first kappa shape index (κ1) is 18.9. The van der Waals surface area contributed by atoms with E-state index in [1.165, 1.54) is 21.6 Å². The maximum absolute atomic E-state index is 12.5. The third kappa shape index (κ3) is 5.09. The molecular weight excluding hydrogens is 346 g/mol. The van der Waals surface area contributed by atoms with Crippen LogP contribution in [-0.2, 0) is 11.3 Å². The monoisotopic (exact) mass is 377 g/mol. The molecule has 28 heavy (non-hydrogen) atoms. The Balaban J connectivity index is 1.21. The zero-order valence-corrected chi connectivity index (χ0v) is 16.5. The summed E-state index contributed by atoms with van der Waals surface area (Å²) in [6.07, 6.45) is 4.44. The van der Waals surface area contributed by atoms with Crippen LogP contribution in [0.3, 0.4) is 0 Å². The zero-order valence-electron chi connectivity index (χ0n) is 16.5. The predicted octanol–water partition coefficient (Wildman–Crippen LogP) is 0.332. The van der Waals surface area contributed by atoms with Crippen LogP contribution in [0.5, 0.6) is 0 Å². The van der Waals surface area contributed by atoms with Crippen LogP contribution < -0.4 is 15.1 Å². The maximum Gasteiger partial charge on any atom is 0.275 e. The average Bonchev–Trinajstić information content (AvgIpc) is 3.16. The van der Waals surface area contributed by atoms with Gasteiger partial charge >= 0.3 is 0 Å². The van der Waals surface area contributed by atoms with Gasteiger partial charge in [0.1, 0.15) is 6.54 Å². The minimum atomic E-state index is 0.206. The Morgan fingerprint density at radius 2 is 1.71 bits per heavy atom. The third-order valence-corrected chi connectivity index (χ3v) is 5.98. The van der Waals surface area contributed by atoms with Crippen LogP contribution in [0.25, 0.3) is 5.57 Å². The Hall–Kier alpha value is -2.43. The Labute approximate surface area is 167 Å². The van der Waals surface area contributed by atoms with Gasteiger partial charge in [-0.15, -0.1) is 0 Å². The van der Waals surface area contributed by atoms with Crippen molar-refractivity contribution < 1.29 is 14.6 Å². The summed E-state index contributed by atoms with van der Waals surface area (Å²) in [6.45, 7) is 5.78. The molecule has 2 aromatic rings. The number of likely N-dealkylation sites (tertiary alicyclic amines) is 1. The van der Waals surface area contributed by atoms with Crippen molar-refractivity contribution >= 4 is 11.5 Å². The fraction of sp³-hybridized carbons (Fsp3) is 0.375. The number of carbonyl (C=O) groups excluding carboxylic acids is 1. The van der Waals surface area contributed by atoms with E-state index in [0.717, 1.165) is 45.6 Å². The summed E-state index contributed by atoms with van der Waals surface area (Å²) in [7, 11) is 0. The van der Waals surface area contributed by atoms with E-state index >= 15 is 0 Å². The molecule has 3 N–H and O–H groups in total. The lowest BCUT2D eigenvalue weighted by molar-refractivity contribution is -0.901. The second-order valence-electron chi connectivity index (χ2n) is 8.15. The quantitative estimate of drug-likeness (QED) is 0.667. The zero-order chi connectivity index (χ0) is 19.2. The number of carbonyl (C=O) groups is 1. The molecule has 0 bridgehead atoms. The minimum Gasteiger partial charge on any atom is -0.343 e. The van der Waals surface area contributed by atoms with Gasteiger partial charge in [-0.2, -0.15) is 0 Å². The molecule has 4 rings (SSSR count). The number of hydrogen-bond acceptors (Lipinski definition) is 1. The summed E-state index contributed by atoms with van der Waals surface area (Å²) in [5.74, 6) is 0.206. The first-order valence-electron chi connectivity index (χ1n) is 10.5. The van der Waals surface area contributed by atoms with Gasteiger partial charge in [-0.3, -0.25) is 4.79 Å². The van der Waals surface area contributed by atoms with Crippen LogP contribution >= 0.6 is 0 Å². The van der Waals surface area contributed by atoms with Gasteiger partial charge in [0.05, 0.1) is 32.2 Å². The molecule has 2 aliphatic heterocycles. The molecule has 2 unspecified atom stereocenters. The highest BCUT2D eigenvalue weighted by Crippen LogP contribution is 2.17. The Kier molecular flexibility index (Phi) is 6.20. The van der Waals surface area contributed by atoms with Crippen molar-refractivity contribution in [2.75, 3.05) is 32.7 Å². The Morgan fingerprint density at radius 3 is 2.43 bits per heavy atom. The smallest absolute Gasteiger partial charge is 0.275 e. The topological polar surface area (TPSA) is 38.0 Å². The van der Waals surface area contributed by atoms with Crippen molar-refractivity contribution in [1.29, 1.82) is 0 Å². The van der Waals surface area contributed by atoms with Crippen molar-refractivity contribution in [1.82, 2.24) is 5.32 Å². The molecule has 4 nitrogen and oxygen atoms in total. The van der Waals surface area contributed by atoms with Gasteiger partial charge in [-0.05, 0) is 17.2 Å². The SMILES string of the molecule is O=C(C[NH+]1CC=C(c2ccccc2)CC1)N[C@H]1CC[NH+](Cc2ccccc2)C1. The molecule has 0 saturated carbocycles. The molecule has 1 amide bonds. The van der Waals surface area contributed by atoms with Crippen molar-refractivity contribution in [3.63, 3.8) is 0 Å². The second kappa shape index (κ2) is 9.18. The highest BCUT2D eigenvalue weighted by molar-refractivity contribution is 5.77. The Morgan fingerprint density at radius 1 is 0.964 bits per heavy atom. The van der Waals surface area contributed by atoms with Crippen LogP contribution in [0.4, 0.5) is 0 Å². The number of hydrogen-bond donors (Lipinski definition) is 3. The molecule has 2 aromatic carbocycles. The van der Waals surface area contributed by atoms with E-state index in [-0.39, 0.29) is 5.91 Å². The van der Waals surface area contributed by atoms with Gasteiger partial charge in [-0.1, -0.05) is 60.7 Å². The van der Waals surface area contributed by atoms with E-state index in [0.29, 0.717) is 12.6 Å². The fourth-order valence-corrected chi connectivity index (χ4v) is 4.46. The molecule has 2 heterocycles. The van der Waals surface area contributed by atoms with Gasteiger partial charge in [0.25, 0.3) is 5.91 Å². The molecule has 3 atom stereocenters. The van der Waals surface area contributed by atoms with E-state index in [1.807, 2.05) is 0 Å². The predicted molar refractivity (Wildman–Crippen MR) is 112 cm³/mol. The lowest BCUT2D eigenvalue weighted by Crippen LogP contribution is -3.13. The Bertz CT molecular complexity index is 803. The van der Waals surface area contributed by atoms with Crippen LogP contribution in [0, 0.1) is 0 Å². The molecule has 2 aliphatic rings. The molecule has 0 spiro atoms. The number of nitrogens with one attached hydrogen (secondary N) is 3. The molecule has 1 saturated heterocycles. The van der Waals surface area contributed by atoms with E-state index in [1.54, 1.807) is 4.90 Å². The molecule has 146 valence electrons. The lowest BCUT2D eigenvalue weighted by Gasteiger charge is -2.24. The van der Waals surface area contributed by atoms with Gasteiger partial charge < -0.3 is 15.1 Å². The summed E-state index contributed by atoms with van der Waals surface area (Å²) in [6, 6.07) is 21.6. The highest BCUT2D eigenvalue weighted by Gasteiger charge is 2.28. The van der Waals surface area contributed by atoms with Gasteiger partial charge in [0, 0.05) is 18.4 Å². The highest BCUT2D eigenvalue weighted by atomic mass is 16.2. The van der Waals surface area contributed by atoms with Gasteiger partial charge in [-0.25, -0.2) is 0 Å². The summed E-state index contributed by atoms with van der Waals surface area (Å²) in [5, 5.41) is 3.28.